The zero-order valence-electron chi connectivity index (χ0n) is 76.9. The largest absolute Gasteiger partial charge is 1.00 e. The Morgan fingerprint density at radius 2 is 0.894 bits per heavy atom. The van der Waals surface area contributed by atoms with Crippen LogP contribution in [0.4, 0.5) is 22.7 Å². The summed E-state index contributed by atoms with van der Waals surface area (Å²) in [4.78, 5) is 43.3. The smallest absolute Gasteiger partial charge is 0.329 e. The molecule has 0 aromatic heterocycles. The van der Waals surface area contributed by atoms with E-state index in [9.17, 15) is 31.2 Å². The number of anilines is 3. The maximum atomic E-state index is 13.1. The summed E-state index contributed by atoms with van der Waals surface area (Å²) in [6.07, 6.45) is 20.6. The van der Waals surface area contributed by atoms with Crippen molar-refractivity contribution in [1.29, 1.82) is 0 Å². The fraction of sp³-hybridized carbons (Fsp3) is 0.214. The van der Waals surface area contributed by atoms with Gasteiger partial charge in [0.15, 0.2) is 11.5 Å². The third kappa shape index (κ3) is 17.1. The Morgan fingerprint density at radius 3 is 1.39 bits per heavy atom. The van der Waals surface area contributed by atoms with Crippen molar-refractivity contribution in [3.8, 4) is 17.2 Å². The number of para-hydroxylation sites is 4. The van der Waals surface area contributed by atoms with Crippen molar-refractivity contribution in [2.24, 2.45) is 0 Å². The summed E-state index contributed by atoms with van der Waals surface area (Å²) >= 11 is 5.18. The lowest BCUT2D eigenvalue weighted by atomic mass is 9.76. The first-order valence-corrected chi connectivity index (χ1v) is 47.3. The van der Waals surface area contributed by atoms with E-state index in [2.05, 4.69) is 313 Å². The van der Waals surface area contributed by atoms with Crippen LogP contribution in [0.3, 0.4) is 0 Å². The molecule has 1 aliphatic carbocycles. The Morgan fingerprint density at radius 1 is 0.462 bits per heavy atom. The second-order valence-corrected chi connectivity index (χ2v) is 40.1. The molecule has 2 N–H and O–H groups in total. The van der Waals surface area contributed by atoms with Gasteiger partial charge in [0.1, 0.15) is 30.3 Å². The highest BCUT2D eigenvalue weighted by atomic mass is 35.5. The molecule has 4 atom stereocenters. The highest BCUT2D eigenvalue weighted by molar-refractivity contribution is 7.89. The van der Waals surface area contributed by atoms with Crippen LogP contribution in [0.15, 0.2) is 331 Å². The minimum atomic E-state index is -3.90. The van der Waals surface area contributed by atoms with Crippen molar-refractivity contribution in [3.05, 3.63) is 382 Å². The lowest BCUT2D eigenvalue weighted by molar-refractivity contribution is -0.401. The standard InChI is InChI=1S/C33H33N2O4S.3C23H21NO.C10H12ClNO3S.ClH/c1-22-14-17-25(18-15-22)40(37,38)34-23(2)32(36)39-30-20-16-24-10-6-7-11-26(24)27(30)19-21-31-33(3,4)28-12-8-9-13-29(28)35(31)5;2*1-22(2)19-10-6-7-11-20(19)24(3)23(22)15-14-18-17-9-5-4-8-16(17)12-13-21(18)25-23;1-23(2)19-10-6-7-11-20(19)24(3)22(23)15-13-18-17-9-5-4-8-16(17)12-14-21(18)25;1-7-3-5-9(6-4-7)16(14,15)12-8(2)10(11)13;/h6-21,23,34H,1-5H3;3*4-15H,1-3H3;3-6,8,12H,1-2H3;1H/q+1;;;;;/p-1/b21-19+;;;;;. The number of ketones is 1. The predicted molar refractivity (Wildman–Crippen MR) is 535 cm³/mol. The molecule has 132 heavy (non-hydrogen) atoms. The SMILES string of the molecule is CN1C(=CC=C2C(=O)C=Cc3ccccc32)C(C)(C)c2ccccc21.CN1c2ccccc2C(C)(C)C12C=Cc1c(ccc3ccccc13)O2.CN1c2ccccc2C(C)(C)C12C=Cc1c(ccc3ccccc13)O2.Cc1ccc(S(=O)(=O)NC(C)C(=O)Cl)cc1.Cc1ccc(S(=O)(=O)NC(C)C(=O)Oc2ccc3ccccc3c2/C=C/C2=[N+](C)c3ccccc3C2(C)C)cc1.[Cl-]. The molecule has 6 aliphatic heterocycles. The molecule has 20 rings (SSSR count). The van der Waals surface area contributed by atoms with Crippen molar-refractivity contribution < 1.29 is 62.4 Å². The molecule has 4 unspecified atom stereocenters. The quantitative estimate of drug-likeness (QED) is 0.0388. The van der Waals surface area contributed by atoms with Gasteiger partial charge in [-0.05, 0) is 250 Å². The van der Waals surface area contributed by atoms with Crippen LogP contribution in [-0.4, -0.2) is 95.8 Å². The molecule has 0 bridgehead atoms. The highest BCUT2D eigenvalue weighted by Crippen LogP contribution is 2.57. The Kier molecular flexibility index (Phi) is 26.0. The third-order valence-electron chi connectivity index (χ3n) is 26.8. The van der Waals surface area contributed by atoms with Crippen molar-refractivity contribution in [2.45, 2.75) is 138 Å². The number of rotatable bonds is 12. The summed E-state index contributed by atoms with van der Waals surface area (Å²) in [7, 11) is 0.829. The van der Waals surface area contributed by atoms with Gasteiger partial charge >= 0.3 is 5.97 Å². The molecule has 0 radical (unpaired) electrons. The molecule has 0 saturated carbocycles. The molecule has 672 valence electrons. The van der Waals surface area contributed by atoms with Crippen LogP contribution in [-0.2, 0) is 56.1 Å². The van der Waals surface area contributed by atoms with E-state index >= 15 is 0 Å². The minimum Gasteiger partial charge on any atom is -1.00 e. The number of carbonyl (C=O) groups is 3. The van der Waals surface area contributed by atoms with Crippen LogP contribution in [0.2, 0.25) is 0 Å². The Bertz CT molecular complexity index is 7060. The molecule has 0 amide bonds. The van der Waals surface area contributed by atoms with E-state index in [0.29, 0.717) is 5.75 Å². The molecular formula is C112H108Cl2N6O10S2. The number of allylic oxidation sites excluding steroid dienone is 6. The number of benzene rings is 13. The van der Waals surface area contributed by atoms with Crippen molar-refractivity contribution in [1.82, 2.24) is 9.44 Å². The highest BCUT2D eigenvalue weighted by Gasteiger charge is 2.59. The molecule has 2 spiro atoms. The molecule has 6 heterocycles. The number of nitrogens with zero attached hydrogens (tertiary/aromatic N) is 4. The van der Waals surface area contributed by atoms with Crippen LogP contribution in [0.1, 0.15) is 130 Å². The fourth-order valence-corrected chi connectivity index (χ4v) is 21.8. The second kappa shape index (κ2) is 36.6. The lowest BCUT2D eigenvalue weighted by Crippen LogP contribution is -3.00. The number of hydrogen-bond acceptors (Lipinski definition) is 13. The van der Waals surface area contributed by atoms with Gasteiger partial charge in [0, 0.05) is 89.3 Å². The number of esters is 1. The van der Waals surface area contributed by atoms with Crippen LogP contribution in [0, 0.1) is 13.8 Å². The van der Waals surface area contributed by atoms with Crippen molar-refractivity contribution in [3.63, 3.8) is 0 Å². The van der Waals surface area contributed by atoms with E-state index in [4.69, 9.17) is 25.8 Å². The zero-order valence-corrected chi connectivity index (χ0v) is 80.1. The molecule has 16 nitrogen and oxygen atoms in total. The Hall–Kier alpha value is -13.0. The number of halogens is 2. The summed E-state index contributed by atoms with van der Waals surface area (Å²) in [5.41, 5.74) is 18.6. The monoisotopic (exact) mass is 1830 g/mol. The normalized spacial score (nSPS) is 18.9. The predicted octanol–water partition coefficient (Wildman–Crippen LogP) is 20.3. The van der Waals surface area contributed by atoms with Crippen molar-refractivity contribution >= 4 is 139 Å². The van der Waals surface area contributed by atoms with Gasteiger partial charge in [-0.2, -0.15) is 14.0 Å². The zero-order chi connectivity index (χ0) is 93.1. The van der Waals surface area contributed by atoms with E-state index in [-0.39, 0.29) is 49.6 Å². The first kappa shape index (κ1) is 93.6. The first-order valence-electron chi connectivity index (χ1n) is 43.9. The molecule has 0 fully saturated rings. The summed E-state index contributed by atoms with van der Waals surface area (Å²) in [6.45, 7) is 24.5. The molecule has 13 aromatic carbocycles. The molecule has 20 heteroatoms. The molecule has 7 aliphatic rings. The van der Waals surface area contributed by atoms with E-state index in [1.165, 1.54) is 116 Å². The molecule has 13 aromatic rings. The van der Waals surface area contributed by atoms with Gasteiger partial charge < -0.3 is 41.3 Å². The maximum Gasteiger partial charge on any atom is 0.329 e. The number of carbonyl (C=O) groups excluding carboxylic acids is 3. The lowest BCUT2D eigenvalue weighted by Gasteiger charge is -2.46. The number of aryl methyl sites for hydroxylation is 2. The maximum absolute atomic E-state index is 13.1. The van der Waals surface area contributed by atoms with E-state index in [1.807, 2.05) is 92.7 Å². The molecule has 0 saturated heterocycles. The number of nitrogens with one attached hydrogen (secondary N) is 2. The minimum absolute atomic E-state index is 0. The van der Waals surface area contributed by atoms with Crippen LogP contribution in [0.25, 0.3) is 62.2 Å². The summed E-state index contributed by atoms with van der Waals surface area (Å²) in [6, 6.07) is 89.8. The average molecular weight is 1830 g/mol. The third-order valence-corrected chi connectivity index (χ3v) is 30.2. The van der Waals surface area contributed by atoms with Crippen LogP contribution < -0.4 is 50.8 Å². The second-order valence-electron chi connectivity index (χ2n) is 36.3. The fourth-order valence-electron chi connectivity index (χ4n) is 19.3. The van der Waals surface area contributed by atoms with E-state index in [1.54, 1.807) is 36.4 Å². The number of fused-ring (bicyclic) bond motifs is 12. The Balaban J connectivity index is 0.000000130. The van der Waals surface area contributed by atoms with Gasteiger partial charge in [0.25, 0.3) is 0 Å². The van der Waals surface area contributed by atoms with Crippen LogP contribution in [0.5, 0.6) is 17.2 Å². The number of ether oxygens (including phenoxy) is 3. The molecular weight excluding hydrogens is 1720 g/mol. The number of sulfonamides is 2. The first-order chi connectivity index (χ1) is 62.4. The van der Waals surface area contributed by atoms with Gasteiger partial charge in [-0.25, -0.2) is 21.6 Å². The van der Waals surface area contributed by atoms with E-state index in [0.717, 1.165) is 67.1 Å². The van der Waals surface area contributed by atoms with Gasteiger partial charge in [-0.1, -0.05) is 243 Å². The van der Waals surface area contributed by atoms with Gasteiger partial charge in [-0.3, -0.25) is 9.59 Å². The number of hydrogen-bond donors (Lipinski definition) is 2. The summed E-state index contributed by atoms with van der Waals surface area (Å²) in [5.74, 6) is 1.63. The summed E-state index contributed by atoms with van der Waals surface area (Å²) in [5, 5.41) is 6.15. The van der Waals surface area contributed by atoms with Crippen LogP contribution >= 0.6 is 11.6 Å². The van der Waals surface area contributed by atoms with E-state index < -0.39 is 54.8 Å². The summed E-state index contributed by atoms with van der Waals surface area (Å²) < 4.78 is 75.3. The number of likely N-dealkylation sites (N-methyl/N-ethyl adjacent to an activating group) is 3. The Labute approximate surface area is 786 Å². The van der Waals surface area contributed by atoms with Crippen molar-refractivity contribution in [2.75, 3.05) is 42.9 Å². The van der Waals surface area contributed by atoms with Gasteiger partial charge in [0.05, 0.1) is 32.1 Å². The average Bonchev–Trinajstić information content (AvgIpc) is 1.55. The van der Waals surface area contributed by atoms with Gasteiger partial charge in [-0.15, -0.1) is 0 Å². The topological polar surface area (TPSA) is 184 Å². The van der Waals surface area contributed by atoms with Gasteiger partial charge in [0.2, 0.25) is 42.4 Å².